The van der Waals surface area contributed by atoms with Gasteiger partial charge in [-0.1, -0.05) is 6.07 Å². The number of imidazole rings is 1. The monoisotopic (exact) mass is 315 g/mol. The summed E-state index contributed by atoms with van der Waals surface area (Å²) in [6, 6.07) is 6.59. The molecule has 2 heterocycles. The van der Waals surface area contributed by atoms with Crippen molar-refractivity contribution in [2.75, 3.05) is 17.7 Å². The Bertz CT molecular complexity index is 835. The summed E-state index contributed by atoms with van der Waals surface area (Å²) in [5, 5.41) is 5.40. The number of nitrogens with zero attached hydrogens (tertiary/aromatic N) is 2. The predicted molar refractivity (Wildman–Crippen MR) is 83.6 cm³/mol. The molecule has 3 N–H and O–H groups in total. The molecule has 0 aliphatic rings. The zero-order valence-corrected chi connectivity index (χ0v) is 12.3. The maximum atomic E-state index is 14.1. The van der Waals surface area contributed by atoms with E-state index in [0.717, 1.165) is 5.56 Å². The van der Waals surface area contributed by atoms with E-state index in [2.05, 4.69) is 30.3 Å². The van der Waals surface area contributed by atoms with Crippen molar-refractivity contribution in [3.05, 3.63) is 48.0 Å². The van der Waals surface area contributed by atoms with Gasteiger partial charge in [0.25, 0.3) is 0 Å². The van der Waals surface area contributed by atoms with E-state index in [1.165, 1.54) is 13.2 Å². The maximum absolute atomic E-state index is 14.1. The Morgan fingerprint density at radius 3 is 3.04 bits per heavy atom. The van der Waals surface area contributed by atoms with Crippen molar-refractivity contribution in [2.45, 2.75) is 6.54 Å². The van der Waals surface area contributed by atoms with Gasteiger partial charge in [-0.3, -0.25) is 10.3 Å². The van der Waals surface area contributed by atoms with Crippen molar-refractivity contribution in [3.63, 3.8) is 0 Å². The molecule has 0 fully saturated rings. The van der Waals surface area contributed by atoms with Crippen LogP contribution in [-0.2, 0) is 11.3 Å². The fraction of sp³-hybridized carbons (Fsp3) is 0.133. The number of H-pyrrole nitrogens is 1. The number of hydrogen-bond donors (Lipinski definition) is 3. The normalized spacial score (nSPS) is 10.5. The number of aromatic amines is 1. The summed E-state index contributed by atoms with van der Waals surface area (Å²) in [5.74, 6) is -0.231. The van der Waals surface area contributed by atoms with Gasteiger partial charge in [0.1, 0.15) is 5.82 Å². The van der Waals surface area contributed by atoms with Gasteiger partial charge in [0.05, 0.1) is 23.8 Å². The smallest absolute Gasteiger partial charge is 0.413 e. The lowest BCUT2D eigenvalue weighted by Crippen LogP contribution is -2.11. The van der Waals surface area contributed by atoms with Crippen LogP contribution in [0.15, 0.2) is 36.7 Å². The molecule has 0 atom stereocenters. The van der Waals surface area contributed by atoms with E-state index < -0.39 is 11.9 Å². The summed E-state index contributed by atoms with van der Waals surface area (Å²) in [4.78, 5) is 22.1. The molecule has 0 unspecified atom stereocenters. The zero-order valence-electron chi connectivity index (χ0n) is 12.3. The topological polar surface area (TPSA) is 91.9 Å². The summed E-state index contributed by atoms with van der Waals surface area (Å²) >= 11 is 0. The molecule has 3 aromatic rings. The summed E-state index contributed by atoms with van der Waals surface area (Å²) in [7, 11) is 1.25. The van der Waals surface area contributed by atoms with E-state index in [0.29, 0.717) is 23.3 Å². The number of anilines is 2. The summed E-state index contributed by atoms with van der Waals surface area (Å²) in [6.45, 7) is 0.438. The van der Waals surface area contributed by atoms with Crippen LogP contribution in [0.25, 0.3) is 11.0 Å². The van der Waals surface area contributed by atoms with Crippen molar-refractivity contribution >= 4 is 28.8 Å². The number of pyridine rings is 1. The molecule has 0 saturated carbocycles. The first-order valence-electron chi connectivity index (χ1n) is 6.82. The maximum Gasteiger partial charge on any atom is 0.413 e. The zero-order chi connectivity index (χ0) is 16.2. The van der Waals surface area contributed by atoms with Crippen LogP contribution >= 0.6 is 0 Å². The van der Waals surface area contributed by atoms with Gasteiger partial charge < -0.3 is 15.0 Å². The molecule has 2 aromatic heterocycles. The van der Waals surface area contributed by atoms with Crippen LogP contribution < -0.4 is 10.6 Å². The number of ether oxygens (including phenoxy) is 1. The third-order valence-electron chi connectivity index (χ3n) is 3.18. The molecule has 0 spiro atoms. The van der Waals surface area contributed by atoms with E-state index in [4.69, 9.17) is 0 Å². The minimum Gasteiger partial charge on any atom is -0.453 e. The van der Waals surface area contributed by atoms with E-state index in [1.807, 2.05) is 12.1 Å². The number of amides is 1. The first-order chi connectivity index (χ1) is 11.2. The number of halogens is 1. The summed E-state index contributed by atoms with van der Waals surface area (Å²) < 4.78 is 18.6. The van der Waals surface area contributed by atoms with Crippen LogP contribution in [0.4, 0.5) is 20.8 Å². The minimum absolute atomic E-state index is 0.190. The van der Waals surface area contributed by atoms with Crippen LogP contribution in [0.1, 0.15) is 5.56 Å². The van der Waals surface area contributed by atoms with Crippen LogP contribution in [0.5, 0.6) is 0 Å². The Morgan fingerprint density at radius 1 is 1.43 bits per heavy atom. The summed E-state index contributed by atoms with van der Waals surface area (Å²) in [6.07, 6.45) is 2.73. The highest BCUT2D eigenvalue weighted by atomic mass is 19.1. The number of nitrogens with one attached hydrogen (secondary N) is 3. The number of benzene rings is 1. The molecule has 0 aliphatic carbocycles. The third-order valence-corrected chi connectivity index (χ3v) is 3.18. The van der Waals surface area contributed by atoms with Crippen molar-refractivity contribution < 1.29 is 13.9 Å². The molecule has 3 rings (SSSR count). The molecule has 23 heavy (non-hydrogen) atoms. The van der Waals surface area contributed by atoms with Crippen molar-refractivity contribution in [2.24, 2.45) is 0 Å². The van der Waals surface area contributed by atoms with Crippen molar-refractivity contribution in [1.82, 2.24) is 15.0 Å². The van der Waals surface area contributed by atoms with E-state index in [-0.39, 0.29) is 5.95 Å². The number of rotatable bonds is 4. The Labute approximate surface area is 130 Å². The number of methoxy groups -OCH3 is 1. The molecule has 0 radical (unpaired) electrons. The lowest BCUT2D eigenvalue weighted by molar-refractivity contribution is 0.186. The van der Waals surface area contributed by atoms with Crippen molar-refractivity contribution in [3.8, 4) is 0 Å². The highest BCUT2D eigenvalue weighted by molar-refractivity contribution is 5.87. The van der Waals surface area contributed by atoms with Gasteiger partial charge in [-0.25, -0.2) is 14.2 Å². The second-order valence-corrected chi connectivity index (χ2v) is 4.77. The molecule has 8 heteroatoms. The predicted octanol–water partition coefficient (Wildman–Crippen LogP) is 2.89. The first-order valence-corrected chi connectivity index (χ1v) is 6.82. The highest BCUT2D eigenvalue weighted by Crippen LogP contribution is 2.23. The molecule has 1 aromatic carbocycles. The quantitative estimate of drug-likeness (QED) is 0.688. The highest BCUT2D eigenvalue weighted by Gasteiger charge is 2.10. The molecular formula is C15H14FN5O2. The van der Waals surface area contributed by atoms with Gasteiger partial charge >= 0.3 is 6.09 Å². The van der Waals surface area contributed by atoms with Crippen LogP contribution in [0, 0.1) is 5.82 Å². The molecule has 0 saturated heterocycles. The second kappa shape index (κ2) is 6.30. The largest absolute Gasteiger partial charge is 0.453 e. The number of carbonyl (C=O) groups excluding carboxylic acids is 1. The van der Waals surface area contributed by atoms with Gasteiger partial charge in [-0.05, 0) is 17.7 Å². The van der Waals surface area contributed by atoms with Crippen LogP contribution in [-0.4, -0.2) is 28.2 Å². The lowest BCUT2D eigenvalue weighted by atomic mass is 10.2. The average molecular weight is 315 g/mol. The summed E-state index contributed by atoms with van der Waals surface area (Å²) in [5.41, 5.74) is 2.24. The van der Waals surface area contributed by atoms with Gasteiger partial charge in [0.15, 0.2) is 0 Å². The second-order valence-electron chi connectivity index (χ2n) is 4.77. The Hall–Kier alpha value is -3.16. The molecule has 118 valence electrons. The number of hydrogen-bond acceptors (Lipinski definition) is 5. The van der Waals surface area contributed by atoms with Crippen molar-refractivity contribution in [1.29, 1.82) is 0 Å². The van der Waals surface area contributed by atoms with Gasteiger partial charge in [-0.15, -0.1) is 0 Å². The molecule has 0 bridgehead atoms. The Morgan fingerprint density at radius 2 is 2.30 bits per heavy atom. The van der Waals surface area contributed by atoms with E-state index >= 15 is 0 Å². The standard InChI is InChI=1S/C15H14FN5O2/c1-23-15(22)21-14-19-12-5-10(16)11(6-13(12)20-14)18-8-9-3-2-4-17-7-9/h2-7,18H,8H2,1H3,(H2,19,20,21,22). The number of fused-ring (bicyclic) bond motifs is 1. The SMILES string of the molecule is COC(=O)Nc1nc2cc(NCc3cccnc3)c(F)cc2[nH]1. The minimum atomic E-state index is -0.653. The van der Waals surface area contributed by atoms with Gasteiger partial charge in [0.2, 0.25) is 5.95 Å². The van der Waals surface area contributed by atoms with Crippen LogP contribution in [0.2, 0.25) is 0 Å². The third kappa shape index (κ3) is 3.37. The van der Waals surface area contributed by atoms with E-state index in [9.17, 15) is 9.18 Å². The molecule has 0 aliphatic heterocycles. The lowest BCUT2D eigenvalue weighted by Gasteiger charge is -2.07. The van der Waals surface area contributed by atoms with Crippen LogP contribution in [0.3, 0.4) is 0 Å². The van der Waals surface area contributed by atoms with Gasteiger partial charge in [-0.2, -0.15) is 0 Å². The van der Waals surface area contributed by atoms with Gasteiger partial charge in [0, 0.05) is 25.0 Å². The number of carbonyl (C=O) groups is 1. The average Bonchev–Trinajstić information content (AvgIpc) is 2.94. The molecular weight excluding hydrogens is 301 g/mol. The number of aromatic nitrogens is 3. The Balaban J connectivity index is 1.81. The fourth-order valence-electron chi connectivity index (χ4n) is 2.07. The molecule has 1 amide bonds. The Kier molecular flexibility index (Phi) is 4.05. The first kappa shape index (κ1) is 14.8. The fourth-order valence-corrected chi connectivity index (χ4v) is 2.07. The molecule has 7 nitrogen and oxygen atoms in total. The van der Waals surface area contributed by atoms with E-state index in [1.54, 1.807) is 18.5 Å².